The Hall–Kier alpha value is -4.21. The van der Waals surface area contributed by atoms with E-state index in [9.17, 15) is 22.8 Å². The number of aromatic amines is 1. The second-order valence-electron chi connectivity index (χ2n) is 6.87. The number of hydrogen-bond acceptors (Lipinski definition) is 4. The smallest absolute Gasteiger partial charge is 0.275 e. The van der Waals surface area contributed by atoms with Crippen LogP contribution in [0.15, 0.2) is 60.0 Å². The molecule has 7 nitrogen and oxygen atoms in total. The van der Waals surface area contributed by atoms with Crippen molar-refractivity contribution in [3.63, 3.8) is 0 Å². The lowest BCUT2D eigenvalue weighted by Gasteiger charge is -2.05. The summed E-state index contributed by atoms with van der Waals surface area (Å²) in [5, 5.41) is 0.200. The third-order valence-corrected chi connectivity index (χ3v) is 4.91. The quantitative estimate of drug-likeness (QED) is 0.451. The molecule has 10 heteroatoms. The van der Waals surface area contributed by atoms with Gasteiger partial charge in [0.25, 0.3) is 5.56 Å². The van der Waals surface area contributed by atoms with Gasteiger partial charge in [0.05, 0.1) is 17.8 Å². The lowest BCUT2D eigenvalue weighted by molar-refractivity contribution is 0.103. The Labute approximate surface area is 171 Å². The van der Waals surface area contributed by atoms with Crippen LogP contribution in [0.2, 0.25) is 0 Å². The summed E-state index contributed by atoms with van der Waals surface area (Å²) in [6.07, 6.45) is 7.79. The standard InChI is InChI=1S/C21H12F3N5O2/c22-11-6-15(23)17(16(24)7-11)19(30)14-8-26-18-13(14)2-5-28(20(18)31)9-12-10-29-4-1-3-25-21(29)27-12/h1-8,10,26H,9H2. The maximum absolute atomic E-state index is 14.0. The summed E-state index contributed by atoms with van der Waals surface area (Å²) in [7, 11) is 0. The molecule has 0 aliphatic rings. The van der Waals surface area contributed by atoms with Crippen molar-refractivity contribution in [1.29, 1.82) is 0 Å². The van der Waals surface area contributed by atoms with Crippen molar-refractivity contribution in [2.24, 2.45) is 0 Å². The molecule has 4 aromatic heterocycles. The molecule has 0 radical (unpaired) electrons. The van der Waals surface area contributed by atoms with E-state index in [1.807, 2.05) is 0 Å². The molecular formula is C21H12F3N5O2. The first-order valence-corrected chi connectivity index (χ1v) is 9.11. The number of nitrogens with zero attached hydrogens (tertiary/aromatic N) is 4. The first-order chi connectivity index (χ1) is 14.9. The second-order valence-corrected chi connectivity index (χ2v) is 6.87. The third-order valence-electron chi connectivity index (χ3n) is 4.91. The van der Waals surface area contributed by atoms with Gasteiger partial charge in [-0.1, -0.05) is 0 Å². The van der Waals surface area contributed by atoms with Crippen LogP contribution in [0.3, 0.4) is 0 Å². The van der Waals surface area contributed by atoms with Crippen molar-refractivity contribution in [3.05, 3.63) is 99.9 Å². The zero-order valence-electron chi connectivity index (χ0n) is 15.6. The number of ketones is 1. The minimum Gasteiger partial charge on any atom is -0.356 e. The highest BCUT2D eigenvalue weighted by Crippen LogP contribution is 2.23. The van der Waals surface area contributed by atoms with Crippen LogP contribution in [0.4, 0.5) is 13.2 Å². The lowest BCUT2D eigenvalue weighted by atomic mass is 10.0. The number of pyridine rings is 1. The molecule has 154 valence electrons. The van der Waals surface area contributed by atoms with Gasteiger partial charge in [0, 0.05) is 54.1 Å². The van der Waals surface area contributed by atoms with E-state index in [2.05, 4.69) is 15.0 Å². The highest BCUT2D eigenvalue weighted by atomic mass is 19.1. The number of nitrogens with one attached hydrogen (secondary N) is 1. The molecule has 0 fully saturated rings. The van der Waals surface area contributed by atoms with Crippen molar-refractivity contribution >= 4 is 22.5 Å². The molecule has 4 heterocycles. The van der Waals surface area contributed by atoms with E-state index in [4.69, 9.17) is 0 Å². The van der Waals surface area contributed by atoms with Gasteiger partial charge in [-0.25, -0.2) is 23.1 Å². The number of hydrogen-bond donors (Lipinski definition) is 1. The molecule has 31 heavy (non-hydrogen) atoms. The summed E-state index contributed by atoms with van der Waals surface area (Å²) in [6, 6.07) is 4.11. The van der Waals surface area contributed by atoms with Gasteiger partial charge in [0.1, 0.15) is 23.0 Å². The summed E-state index contributed by atoms with van der Waals surface area (Å²) >= 11 is 0. The van der Waals surface area contributed by atoms with Crippen molar-refractivity contribution in [1.82, 2.24) is 23.9 Å². The van der Waals surface area contributed by atoms with E-state index in [1.54, 1.807) is 29.1 Å². The molecule has 0 unspecified atom stereocenters. The summed E-state index contributed by atoms with van der Waals surface area (Å²) < 4.78 is 44.3. The Morgan fingerprint density at radius 2 is 1.90 bits per heavy atom. The molecule has 5 aromatic rings. The summed E-state index contributed by atoms with van der Waals surface area (Å²) in [6.45, 7) is 0.154. The first kappa shape index (κ1) is 18.8. The Kier molecular flexibility index (Phi) is 4.21. The largest absolute Gasteiger partial charge is 0.356 e. The van der Waals surface area contributed by atoms with Gasteiger partial charge in [0.2, 0.25) is 11.6 Å². The highest BCUT2D eigenvalue weighted by molar-refractivity contribution is 6.16. The molecule has 1 aromatic carbocycles. The first-order valence-electron chi connectivity index (χ1n) is 9.11. The molecule has 0 atom stereocenters. The minimum atomic E-state index is -1.31. The Bertz CT molecular complexity index is 1490. The molecule has 0 saturated carbocycles. The molecule has 0 aliphatic heterocycles. The van der Waals surface area contributed by atoms with E-state index < -0.39 is 34.4 Å². The fourth-order valence-corrected chi connectivity index (χ4v) is 3.50. The SMILES string of the molecule is O=C(c1c(F)cc(F)cc1F)c1c[nH]c2c(=O)n(Cc3cn4cccnc4n3)ccc12. The molecule has 0 spiro atoms. The Morgan fingerprint density at radius 1 is 1.13 bits per heavy atom. The van der Waals surface area contributed by atoms with Gasteiger partial charge in [-0.3, -0.25) is 14.0 Å². The van der Waals surface area contributed by atoms with Crippen LogP contribution in [-0.2, 0) is 6.54 Å². The van der Waals surface area contributed by atoms with Crippen LogP contribution in [0.1, 0.15) is 21.6 Å². The maximum atomic E-state index is 14.0. The van der Waals surface area contributed by atoms with Crippen LogP contribution >= 0.6 is 0 Å². The van der Waals surface area contributed by atoms with Crippen LogP contribution in [0.25, 0.3) is 16.7 Å². The van der Waals surface area contributed by atoms with Crippen LogP contribution in [0.5, 0.6) is 0 Å². The normalized spacial score (nSPS) is 11.5. The zero-order valence-corrected chi connectivity index (χ0v) is 15.6. The Morgan fingerprint density at radius 3 is 2.65 bits per heavy atom. The summed E-state index contributed by atoms with van der Waals surface area (Å²) in [4.78, 5) is 36.7. The Balaban J connectivity index is 1.54. The zero-order chi connectivity index (χ0) is 21.7. The average Bonchev–Trinajstić information content (AvgIpc) is 3.33. The van der Waals surface area contributed by atoms with Crippen LogP contribution < -0.4 is 5.56 Å². The van der Waals surface area contributed by atoms with Crippen LogP contribution in [-0.4, -0.2) is 29.7 Å². The number of H-pyrrole nitrogens is 1. The van der Waals surface area contributed by atoms with Gasteiger partial charge in [0.15, 0.2) is 0 Å². The van der Waals surface area contributed by atoms with Gasteiger partial charge in [-0.05, 0) is 12.1 Å². The molecule has 1 N–H and O–H groups in total. The van der Waals surface area contributed by atoms with E-state index in [1.165, 1.54) is 23.0 Å². The predicted octanol–water partition coefficient (Wildman–Crippen LogP) is 3.07. The number of fused-ring (bicyclic) bond motifs is 2. The number of carbonyl (C=O) groups is 1. The van der Waals surface area contributed by atoms with Crippen LogP contribution in [0, 0.1) is 17.5 Å². The number of carbonyl (C=O) groups excluding carboxylic acids is 1. The van der Waals surface area contributed by atoms with Crippen molar-refractivity contribution in [2.45, 2.75) is 6.54 Å². The van der Waals surface area contributed by atoms with E-state index in [0.29, 0.717) is 23.6 Å². The lowest BCUT2D eigenvalue weighted by Crippen LogP contribution is -2.20. The fourth-order valence-electron chi connectivity index (χ4n) is 3.50. The number of imidazole rings is 1. The molecule has 0 bridgehead atoms. The average molecular weight is 423 g/mol. The molecule has 0 saturated heterocycles. The maximum Gasteiger partial charge on any atom is 0.275 e. The van der Waals surface area contributed by atoms with Crippen molar-refractivity contribution < 1.29 is 18.0 Å². The number of aromatic nitrogens is 5. The van der Waals surface area contributed by atoms with E-state index in [-0.39, 0.29) is 23.0 Å². The second kappa shape index (κ2) is 6.94. The molecule has 0 aliphatic carbocycles. The number of benzene rings is 1. The monoisotopic (exact) mass is 423 g/mol. The highest BCUT2D eigenvalue weighted by Gasteiger charge is 2.23. The predicted molar refractivity (Wildman–Crippen MR) is 104 cm³/mol. The summed E-state index contributed by atoms with van der Waals surface area (Å²) in [5.41, 5.74) is -0.736. The number of halogens is 3. The molecular weight excluding hydrogens is 411 g/mol. The van der Waals surface area contributed by atoms with Gasteiger partial charge in [-0.2, -0.15) is 0 Å². The fraction of sp³-hybridized carbons (Fsp3) is 0.0476. The minimum absolute atomic E-state index is 0.0932. The van der Waals surface area contributed by atoms with E-state index in [0.717, 1.165) is 0 Å². The molecule has 5 rings (SSSR count). The van der Waals surface area contributed by atoms with Gasteiger partial charge < -0.3 is 9.55 Å². The molecule has 0 amide bonds. The van der Waals surface area contributed by atoms with E-state index >= 15 is 0 Å². The van der Waals surface area contributed by atoms with Crippen molar-refractivity contribution in [2.75, 3.05) is 0 Å². The number of rotatable bonds is 4. The third kappa shape index (κ3) is 3.08. The topological polar surface area (TPSA) is 85.0 Å². The summed E-state index contributed by atoms with van der Waals surface area (Å²) in [5.74, 6) is -4.26. The van der Waals surface area contributed by atoms with Gasteiger partial charge >= 0.3 is 0 Å². The van der Waals surface area contributed by atoms with Crippen molar-refractivity contribution in [3.8, 4) is 0 Å². The van der Waals surface area contributed by atoms with Gasteiger partial charge in [-0.15, -0.1) is 0 Å².